The maximum atomic E-state index is 13.4. The highest BCUT2D eigenvalue weighted by atomic mass is 35.5. The Bertz CT molecular complexity index is 1710. The van der Waals surface area contributed by atoms with E-state index in [9.17, 15) is 14.4 Å². The Kier molecular flexibility index (Phi) is 16.4. The average molecular weight is 774 g/mol. The Morgan fingerprint density at radius 3 is 1.35 bits per heavy atom. The molecule has 4 aromatic rings. The van der Waals surface area contributed by atoms with Crippen LogP contribution in [0.1, 0.15) is 68.7 Å². The van der Waals surface area contributed by atoms with Crippen LogP contribution in [-0.2, 0) is 38.2 Å². The average Bonchev–Trinajstić information content (AvgIpc) is 3.20. The van der Waals surface area contributed by atoms with Crippen molar-refractivity contribution in [3.05, 3.63) is 144 Å². The van der Waals surface area contributed by atoms with Crippen LogP contribution in [0.4, 0.5) is 4.79 Å². The van der Waals surface area contributed by atoms with Crippen LogP contribution >= 0.6 is 23.2 Å². The first-order chi connectivity index (χ1) is 26.0. The third-order valence-electron chi connectivity index (χ3n) is 9.84. The highest BCUT2D eigenvalue weighted by Crippen LogP contribution is 2.37. The van der Waals surface area contributed by atoms with Crippen molar-refractivity contribution in [2.45, 2.75) is 76.0 Å². The van der Waals surface area contributed by atoms with Crippen LogP contribution in [0.15, 0.2) is 121 Å². The van der Waals surface area contributed by atoms with Crippen molar-refractivity contribution in [3.63, 3.8) is 0 Å². The lowest BCUT2D eigenvalue weighted by Gasteiger charge is -2.41. The second-order valence-corrected chi connectivity index (χ2v) is 15.4. The highest BCUT2D eigenvalue weighted by Gasteiger charge is 2.44. The Balaban J connectivity index is 0.000000231. The lowest BCUT2D eigenvalue weighted by atomic mass is 9.72. The third kappa shape index (κ3) is 12.1. The van der Waals surface area contributed by atoms with Crippen molar-refractivity contribution >= 4 is 41.1 Å². The van der Waals surface area contributed by atoms with E-state index in [2.05, 4.69) is 28.1 Å². The Hall–Kier alpha value is -4.37. The molecule has 4 aromatic carbocycles. The number of hydrogen-bond acceptors (Lipinski definition) is 5. The highest BCUT2D eigenvalue weighted by molar-refractivity contribution is 6.40. The molecule has 2 heterocycles. The molecular formula is C44H54Cl2N4O4. The first-order valence-electron chi connectivity index (χ1n) is 18.6. The number of alkyl halides is 2. The minimum atomic E-state index is -0.644. The van der Waals surface area contributed by atoms with E-state index in [1.165, 1.54) is 0 Å². The maximum Gasteiger partial charge on any atom is 0.410 e. The molecule has 0 unspecified atom stereocenters. The number of nitrogens with one attached hydrogen (secondary N) is 3. The fourth-order valence-corrected chi connectivity index (χ4v) is 6.95. The molecule has 2 fully saturated rings. The molecule has 0 bridgehead atoms. The van der Waals surface area contributed by atoms with Crippen molar-refractivity contribution in [3.8, 4) is 0 Å². The second-order valence-electron chi connectivity index (χ2n) is 14.6. The number of likely N-dealkylation sites (tertiary alicyclic amines) is 1. The minimum absolute atomic E-state index is 0.0105. The minimum Gasteiger partial charge on any atom is -0.444 e. The molecule has 0 aromatic heterocycles. The van der Waals surface area contributed by atoms with Crippen LogP contribution in [0.25, 0.3) is 0 Å². The molecule has 0 spiro atoms. The summed E-state index contributed by atoms with van der Waals surface area (Å²) in [6.07, 6.45) is 2.51. The van der Waals surface area contributed by atoms with E-state index in [1.807, 2.05) is 130 Å². The van der Waals surface area contributed by atoms with Gasteiger partial charge in [0.15, 0.2) is 0 Å². The van der Waals surface area contributed by atoms with E-state index in [-0.39, 0.29) is 23.2 Å². The normalized spacial score (nSPS) is 15.9. The van der Waals surface area contributed by atoms with Crippen LogP contribution in [-0.4, -0.2) is 59.9 Å². The van der Waals surface area contributed by atoms with Gasteiger partial charge in [0.05, 0.1) is 16.2 Å². The fraction of sp³-hybridized carbons (Fsp3) is 0.386. The molecule has 8 nitrogen and oxygen atoms in total. The molecule has 54 heavy (non-hydrogen) atoms. The van der Waals surface area contributed by atoms with Gasteiger partial charge in [0, 0.05) is 26.2 Å². The zero-order valence-corrected chi connectivity index (χ0v) is 33.2. The number of benzene rings is 4. The number of carbonyl (C=O) groups excluding carboxylic acids is 3. The van der Waals surface area contributed by atoms with Crippen LogP contribution in [0.3, 0.4) is 0 Å². The molecule has 3 N–H and O–H groups in total. The van der Waals surface area contributed by atoms with Crippen LogP contribution < -0.4 is 16.0 Å². The molecule has 3 amide bonds. The summed E-state index contributed by atoms with van der Waals surface area (Å²) in [6, 6.07) is 40.0. The summed E-state index contributed by atoms with van der Waals surface area (Å²) in [7, 11) is 0. The topological polar surface area (TPSA) is 99.8 Å². The van der Waals surface area contributed by atoms with Gasteiger partial charge < -0.3 is 25.6 Å². The van der Waals surface area contributed by atoms with Crippen molar-refractivity contribution in [1.29, 1.82) is 0 Å². The van der Waals surface area contributed by atoms with E-state index < -0.39 is 16.4 Å². The molecular weight excluding hydrogens is 719 g/mol. The van der Waals surface area contributed by atoms with Crippen molar-refractivity contribution in [2.24, 2.45) is 0 Å². The Labute approximate surface area is 331 Å². The zero-order chi connectivity index (χ0) is 38.9. The van der Waals surface area contributed by atoms with Gasteiger partial charge in [-0.2, -0.15) is 0 Å². The molecule has 0 saturated carbocycles. The van der Waals surface area contributed by atoms with Crippen LogP contribution in [0.5, 0.6) is 0 Å². The second kappa shape index (κ2) is 20.9. The van der Waals surface area contributed by atoms with Gasteiger partial charge in [-0.1, -0.05) is 121 Å². The summed E-state index contributed by atoms with van der Waals surface area (Å²) >= 11 is 9.53. The van der Waals surface area contributed by atoms with Crippen LogP contribution in [0.2, 0.25) is 0 Å². The number of piperidine rings is 2. The molecule has 10 heteroatoms. The van der Waals surface area contributed by atoms with Crippen molar-refractivity contribution in [1.82, 2.24) is 20.9 Å². The van der Waals surface area contributed by atoms with Gasteiger partial charge in [0.1, 0.15) is 5.60 Å². The molecule has 2 aliphatic rings. The maximum absolute atomic E-state index is 13.4. The summed E-state index contributed by atoms with van der Waals surface area (Å²) in [5.74, 6) is 0.153. The number of hydrogen-bond donors (Lipinski definition) is 3. The molecule has 0 aliphatic carbocycles. The molecule has 6 rings (SSSR count). The number of rotatable bonds is 8. The summed E-state index contributed by atoms with van der Waals surface area (Å²) in [6.45, 7) is 9.40. The molecule has 0 atom stereocenters. The largest absolute Gasteiger partial charge is 0.444 e. The van der Waals surface area contributed by atoms with Crippen molar-refractivity contribution in [2.75, 3.05) is 31.5 Å². The number of halogens is 2. The van der Waals surface area contributed by atoms with E-state index in [1.54, 1.807) is 4.90 Å². The molecule has 2 aliphatic heterocycles. The molecule has 0 radical (unpaired) electrons. The quantitative estimate of drug-likeness (QED) is 0.157. The van der Waals surface area contributed by atoms with Gasteiger partial charge in [0.25, 0.3) is 0 Å². The molecule has 2 saturated heterocycles. The molecule has 288 valence electrons. The predicted octanol–water partition coefficient (Wildman–Crippen LogP) is 8.32. The predicted molar refractivity (Wildman–Crippen MR) is 219 cm³/mol. The summed E-state index contributed by atoms with van der Waals surface area (Å²) in [5.41, 5.74) is 2.74. The van der Waals surface area contributed by atoms with E-state index in [4.69, 9.17) is 27.9 Å². The lowest BCUT2D eigenvalue weighted by molar-refractivity contribution is -0.129. The standard InChI is InChI=1S/C24H30N2O3.C19H22N2O.CH2Cl2/c1-23(2,3)29-22(28)26-16-14-24(15-17-26,20-12-8-5-9-13-20)21(27)25-18-19-10-6-4-7-11-19;22-18(21-15-16-7-3-1-4-8-16)19(11-13-20-14-12-19)17-9-5-2-6-10-17;2-1-3/h4-13H,14-18H2,1-3H3,(H,25,27);1-10,20H,11-15H2,(H,21,22);1H2. The first-order valence-corrected chi connectivity index (χ1v) is 19.7. The summed E-state index contributed by atoms with van der Waals surface area (Å²) in [4.78, 5) is 40.5. The van der Waals surface area contributed by atoms with Crippen LogP contribution in [0, 0.1) is 0 Å². The third-order valence-corrected chi connectivity index (χ3v) is 9.84. The number of ether oxygens (including phenoxy) is 1. The SMILES string of the molecule is CC(C)(C)OC(=O)N1CCC(C(=O)NCc2ccccc2)(c2ccccc2)CC1.ClCCl.O=C(NCc1ccccc1)C1(c2ccccc2)CCNCC1. The number of carbonyl (C=O) groups is 3. The first kappa shape index (κ1) is 42.4. The van der Waals surface area contributed by atoms with Gasteiger partial charge in [-0.3, -0.25) is 9.59 Å². The van der Waals surface area contributed by atoms with E-state index >= 15 is 0 Å². The number of amides is 3. The Morgan fingerprint density at radius 1 is 0.630 bits per heavy atom. The lowest BCUT2D eigenvalue weighted by Crippen LogP contribution is -2.53. The number of nitrogens with zero attached hydrogens (tertiary/aromatic N) is 1. The van der Waals surface area contributed by atoms with Gasteiger partial charge in [-0.05, 0) is 81.8 Å². The monoisotopic (exact) mass is 772 g/mol. The van der Waals surface area contributed by atoms with E-state index in [0.29, 0.717) is 39.0 Å². The fourth-order valence-electron chi connectivity index (χ4n) is 6.95. The van der Waals surface area contributed by atoms with E-state index in [0.717, 1.165) is 48.2 Å². The van der Waals surface area contributed by atoms with Gasteiger partial charge in [-0.15, -0.1) is 23.2 Å². The zero-order valence-electron chi connectivity index (χ0n) is 31.7. The van der Waals surface area contributed by atoms with Gasteiger partial charge >= 0.3 is 6.09 Å². The van der Waals surface area contributed by atoms with Gasteiger partial charge in [-0.25, -0.2) is 4.79 Å². The summed E-state index contributed by atoms with van der Waals surface area (Å²) < 4.78 is 5.50. The Morgan fingerprint density at radius 2 is 0.981 bits per heavy atom. The van der Waals surface area contributed by atoms with Crippen molar-refractivity contribution < 1.29 is 19.1 Å². The smallest absolute Gasteiger partial charge is 0.410 e. The van der Waals surface area contributed by atoms with Gasteiger partial charge in [0.2, 0.25) is 11.8 Å². The summed E-state index contributed by atoms with van der Waals surface area (Å²) in [5, 5.41) is 9.81.